The number of fused-ring (bicyclic) bond motifs is 1. The van der Waals surface area contributed by atoms with Crippen LogP contribution in [-0.2, 0) is 10.0 Å². The Morgan fingerprint density at radius 1 is 0.969 bits per heavy atom. The third-order valence-corrected chi connectivity index (χ3v) is 6.38. The number of aryl methyl sites for hydroxylation is 1. The Morgan fingerprint density at radius 2 is 1.69 bits per heavy atom. The maximum Gasteiger partial charge on any atom is 0.349 e. The summed E-state index contributed by atoms with van der Waals surface area (Å²) in [7, 11) is -3.93. The van der Waals surface area contributed by atoms with Crippen LogP contribution in [0.2, 0.25) is 5.02 Å². The van der Waals surface area contributed by atoms with E-state index >= 15 is 0 Å². The standard InChI is InChI=1S/C23H17ClN2O5S/c1-14-6-11-18(32(29,30)26-17-9-7-16(24)8-10-17)13-20(14)25-22(27)19-12-15-4-2-3-5-21(15)31-23(19)28/h2-13,26H,1H3,(H,25,27). The minimum atomic E-state index is -3.93. The number of amides is 1. The molecule has 4 rings (SSSR count). The average Bonchev–Trinajstić information content (AvgIpc) is 2.76. The van der Waals surface area contributed by atoms with Crippen LogP contribution >= 0.6 is 11.6 Å². The summed E-state index contributed by atoms with van der Waals surface area (Å²) in [6.07, 6.45) is 0. The summed E-state index contributed by atoms with van der Waals surface area (Å²) in [4.78, 5) is 25.0. The molecule has 0 fully saturated rings. The number of halogens is 1. The molecule has 2 N–H and O–H groups in total. The summed E-state index contributed by atoms with van der Waals surface area (Å²) < 4.78 is 33.2. The SMILES string of the molecule is Cc1ccc(S(=O)(=O)Nc2ccc(Cl)cc2)cc1NC(=O)c1cc2ccccc2oc1=O. The van der Waals surface area contributed by atoms with E-state index in [0.717, 1.165) is 0 Å². The van der Waals surface area contributed by atoms with E-state index in [-0.39, 0.29) is 16.1 Å². The Morgan fingerprint density at radius 3 is 2.44 bits per heavy atom. The maximum atomic E-state index is 12.8. The van der Waals surface area contributed by atoms with Gasteiger partial charge >= 0.3 is 5.63 Å². The fourth-order valence-electron chi connectivity index (χ4n) is 3.04. The van der Waals surface area contributed by atoms with Gasteiger partial charge in [0.05, 0.1) is 4.90 Å². The quantitative estimate of drug-likeness (QED) is 0.409. The molecule has 0 aliphatic carbocycles. The van der Waals surface area contributed by atoms with Crippen molar-refractivity contribution in [2.75, 3.05) is 10.0 Å². The molecule has 0 atom stereocenters. The number of carbonyl (C=O) groups is 1. The van der Waals surface area contributed by atoms with Crippen LogP contribution in [-0.4, -0.2) is 14.3 Å². The molecule has 1 heterocycles. The van der Waals surface area contributed by atoms with Gasteiger partial charge in [-0.25, -0.2) is 13.2 Å². The third-order valence-electron chi connectivity index (χ3n) is 4.75. The third kappa shape index (κ3) is 4.51. The van der Waals surface area contributed by atoms with Crippen LogP contribution < -0.4 is 15.7 Å². The highest BCUT2D eigenvalue weighted by atomic mass is 35.5. The van der Waals surface area contributed by atoms with Crippen molar-refractivity contribution in [3.05, 3.63) is 99.4 Å². The molecule has 7 nitrogen and oxygen atoms in total. The van der Waals surface area contributed by atoms with Gasteiger partial charge in [0.2, 0.25) is 0 Å². The fraction of sp³-hybridized carbons (Fsp3) is 0.0435. The number of para-hydroxylation sites is 1. The molecule has 0 aliphatic rings. The van der Waals surface area contributed by atoms with Crippen LogP contribution in [0.5, 0.6) is 0 Å². The average molecular weight is 469 g/mol. The number of hydrogen-bond acceptors (Lipinski definition) is 5. The van der Waals surface area contributed by atoms with Crippen molar-refractivity contribution < 1.29 is 17.6 Å². The normalized spacial score (nSPS) is 11.3. The topological polar surface area (TPSA) is 105 Å². The van der Waals surface area contributed by atoms with Gasteiger partial charge in [-0.1, -0.05) is 35.9 Å². The molecule has 0 unspecified atom stereocenters. The second kappa shape index (κ2) is 8.49. The van der Waals surface area contributed by atoms with Gasteiger partial charge < -0.3 is 9.73 Å². The van der Waals surface area contributed by atoms with E-state index in [1.54, 1.807) is 49.4 Å². The van der Waals surface area contributed by atoms with Gasteiger partial charge in [0.15, 0.2) is 0 Å². The van der Waals surface area contributed by atoms with Crippen LogP contribution in [0.4, 0.5) is 11.4 Å². The Bertz CT molecular complexity index is 1500. The highest BCUT2D eigenvalue weighted by molar-refractivity contribution is 7.92. The van der Waals surface area contributed by atoms with Gasteiger partial charge in [-0.3, -0.25) is 9.52 Å². The molecule has 0 aliphatic heterocycles. The first-order valence-corrected chi connectivity index (χ1v) is 11.3. The zero-order valence-corrected chi connectivity index (χ0v) is 18.3. The molecule has 0 spiro atoms. The number of hydrogen-bond donors (Lipinski definition) is 2. The van der Waals surface area contributed by atoms with E-state index in [1.807, 2.05) is 0 Å². The Labute approximate surface area is 188 Å². The molecular formula is C23H17ClN2O5S. The van der Waals surface area contributed by atoms with Crippen LogP contribution in [0.15, 0.2) is 86.9 Å². The molecule has 1 aromatic heterocycles. The Hall–Kier alpha value is -3.62. The van der Waals surface area contributed by atoms with Crippen molar-refractivity contribution in [1.29, 1.82) is 0 Å². The minimum Gasteiger partial charge on any atom is -0.422 e. The number of sulfonamides is 1. The number of benzene rings is 3. The molecule has 0 radical (unpaired) electrons. The van der Waals surface area contributed by atoms with E-state index < -0.39 is 21.6 Å². The second-order valence-electron chi connectivity index (χ2n) is 7.03. The molecule has 9 heteroatoms. The van der Waals surface area contributed by atoms with Crippen LogP contribution in [0.3, 0.4) is 0 Å². The first kappa shape index (κ1) is 21.6. The van der Waals surface area contributed by atoms with E-state index in [2.05, 4.69) is 10.0 Å². The van der Waals surface area contributed by atoms with Crippen molar-refractivity contribution >= 4 is 49.9 Å². The molecule has 0 bridgehead atoms. The van der Waals surface area contributed by atoms with E-state index in [0.29, 0.717) is 27.2 Å². The summed E-state index contributed by atoms with van der Waals surface area (Å²) in [6, 6.07) is 18.8. The highest BCUT2D eigenvalue weighted by Crippen LogP contribution is 2.24. The first-order chi connectivity index (χ1) is 15.2. The van der Waals surface area contributed by atoms with Crippen molar-refractivity contribution in [3.8, 4) is 0 Å². The molecule has 0 saturated carbocycles. The second-order valence-corrected chi connectivity index (χ2v) is 9.15. The van der Waals surface area contributed by atoms with Crippen molar-refractivity contribution in [2.24, 2.45) is 0 Å². The smallest absolute Gasteiger partial charge is 0.349 e. The van der Waals surface area contributed by atoms with Gasteiger partial charge in [-0.15, -0.1) is 0 Å². The highest BCUT2D eigenvalue weighted by Gasteiger charge is 2.19. The molecule has 1 amide bonds. The predicted molar refractivity (Wildman–Crippen MR) is 124 cm³/mol. The monoisotopic (exact) mass is 468 g/mol. The Balaban J connectivity index is 1.63. The number of anilines is 2. The first-order valence-electron chi connectivity index (χ1n) is 9.46. The summed E-state index contributed by atoms with van der Waals surface area (Å²) in [5, 5.41) is 3.68. The summed E-state index contributed by atoms with van der Waals surface area (Å²) >= 11 is 5.83. The maximum absolute atomic E-state index is 12.8. The number of carbonyl (C=O) groups excluding carboxylic acids is 1. The van der Waals surface area contributed by atoms with Crippen LogP contribution in [0, 0.1) is 6.92 Å². The minimum absolute atomic E-state index is 0.0566. The van der Waals surface area contributed by atoms with E-state index in [4.69, 9.17) is 16.0 Å². The van der Waals surface area contributed by atoms with Crippen molar-refractivity contribution in [3.63, 3.8) is 0 Å². The summed E-state index contributed by atoms with van der Waals surface area (Å²) in [5.74, 6) is -0.701. The molecular weight excluding hydrogens is 452 g/mol. The number of nitrogens with one attached hydrogen (secondary N) is 2. The van der Waals surface area contributed by atoms with Gasteiger partial charge in [-0.2, -0.15) is 0 Å². The molecule has 0 saturated heterocycles. The molecule has 3 aromatic carbocycles. The van der Waals surface area contributed by atoms with E-state index in [9.17, 15) is 18.0 Å². The van der Waals surface area contributed by atoms with Crippen molar-refractivity contribution in [1.82, 2.24) is 0 Å². The van der Waals surface area contributed by atoms with Gasteiger partial charge in [0.25, 0.3) is 15.9 Å². The summed E-state index contributed by atoms with van der Waals surface area (Å²) in [6.45, 7) is 1.71. The number of rotatable bonds is 5. The van der Waals surface area contributed by atoms with Crippen LogP contribution in [0.1, 0.15) is 15.9 Å². The predicted octanol–water partition coefficient (Wildman–Crippen LogP) is 4.81. The van der Waals surface area contributed by atoms with Gasteiger partial charge in [-0.05, 0) is 61.0 Å². The zero-order valence-electron chi connectivity index (χ0n) is 16.8. The lowest BCUT2D eigenvalue weighted by molar-refractivity contribution is 0.102. The lowest BCUT2D eigenvalue weighted by Gasteiger charge is -2.12. The van der Waals surface area contributed by atoms with Gasteiger partial charge in [0, 0.05) is 21.8 Å². The molecule has 4 aromatic rings. The van der Waals surface area contributed by atoms with Crippen molar-refractivity contribution in [2.45, 2.75) is 11.8 Å². The summed E-state index contributed by atoms with van der Waals surface area (Å²) in [5.41, 5.74) is 0.610. The fourth-order valence-corrected chi connectivity index (χ4v) is 4.26. The van der Waals surface area contributed by atoms with Crippen LogP contribution in [0.25, 0.3) is 11.0 Å². The Kier molecular flexibility index (Phi) is 5.73. The molecule has 162 valence electrons. The zero-order chi connectivity index (χ0) is 22.9. The lowest BCUT2D eigenvalue weighted by atomic mass is 10.1. The van der Waals surface area contributed by atoms with Gasteiger partial charge in [0.1, 0.15) is 11.1 Å². The lowest BCUT2D eigenvalue weighted by Crippen LogP contribution is -2.21. The largest absolute Gasteiger partial charge is 0.422 e. The van der Waals surface area contributed by atoms with E-state index in [1.165, 1.54) is 30.3 Å². The molecule has 32 heavy (non-hydrogen) atoms.